The SMILES string of the molecule is Cc1cccc(NS(=O)(=O)c2ccc(Cl)c(C(=O)N(C)c3ccccc3)c2)c1. The molecule has 7 heteroatoms. The average molecular weight is 415 g/mol. The molecule has 144 valence electrons. The minimum absolute atomic E-state index is 0.0387. The summed E-state index contributed by atoms with van der Waals surface area (Å²) in [6, 6.07) is 20.1. The van der Waals surface area contributed by atoms with Crippen LogP contribution in [0.3, 0.4) is 0 Å². The van der Waals surface area contributed by atoms with Crippen molar-refractivity contribution in [3.05, 3.63) is 88.9 Å². The van der Waals surface area contributed by atoms with Crippen molar-refractivity contribution >= 4 is 38.9 Å². The lowest BCUT2D eigenvalue weighted by molar-refractivity contribution is 0.0993. The van der Waals surface area contributed by atoms with Crippen LogP contribution in [0.1, 0.15) is 15.9 Å². The van der Waals surface area contributed by atoms with Gasteiger partial charge < -0.3 is 4.90 Å². The molecule has 0 aliphatic carbocycles. The van der Waals surface area contributed by atoms with Gasteiger partial charge in [0.25, 0.3) is 15.9 Å². The molecule has 3 aromatic rings. The minimum Gasteiger partial charge on any atom is -0.311 e. The van der Waals surface area contributed by atoms with Gasteiger partial charge in [0.2, 0.25) is 0 Å². The summed E-state index contributed by atoms with van der Waals surface area (Å²) in [4.78, 5) is 14.3. The van der Waals surface area contributed by atoms with Crippen molar-refractivity contribution in [1.29, 1.82) is 0 Å². The Morgan fingerprint density at radius 3 is 2.36 bits per heavy atom. The smallest absolute Gasteiger partial charge is 0.261 e. The van der Waals surface area contributed by atoms with Crippen LogP contribution in [0.4, 0.5) is 11.4 Å². The first-order chi connectivity index (χ1) is 13.3. The van der Waals surface area contributed by atoms with Crippen molar-refractivity contribution in [3.8, 4) is 0 Å². The second-order valence-electron chi connectivity index (χ2n) is 6.32. The molecule has 0 heterocycles. The van der Waals surface area contributed by atoms with Gasteiger partial charge in [-0.15, -0.1) is 0 Å². The van der Waals surface area contributed by atoms with Gasteiger partial charge in [0.05, 0.1) is 15.5 Å². The summed E-state index contributed by atoms with van der Waals surface area (Å²) >= 11 is 6.19. The van der Waals surface area contributed by atoms with Gasteiger partial charge in [-0.3, -0.25) is 9.52 Å². The van der Waals surface area contributed by atoms with Crippen LogP contribution in [0.5, 0.6) is 0 Å². The van der Waals surface area contributed by atoms with E-state index in [1.807, 2.05) is 31.2 Å². The molecule has 1 amide bonds. The van der Waals surface area contributed by atoms with Gasteiger partial charge in [-0.1, -0.05) is 41.9 Å². The first-order valence-corrected chi connectivity index (χ1v) is 10.4. The quantitative estimate of drug-likeness (QED) is 0.656. The first kappa shape index (κ1) is 19.9. The third kappa shape index (κ3) is 4.35. The molecule has 0 saturated heterocycles. The summed E-state index contributed by atoms with van der Waals surface area (Å²) in [7, 11) is -2.26. The van der Waals surface area contributed by atoms with Crippen LogP contribution in [-0.4, -0.2) is 21.4 Å². The van der Waals surface area contributed by atoms with Gasteiger partial charge in [0.1, 0.15) is 0 Å². The molecule has 0 aliphatic heterocycles. The van der Waals surface area contributed by atoms with E-state index in [-0.39, 0.29) is 15.5 Å². The molecular weight excluding hydrogens is 396 g/mol. The van der Waals surface area contributed by atoms with E-state index in [9.17, 15) is 13.2 Å². The number of carbonyl (C=O) groups is 1. The van der Waals surface area contributed by atoms with Crippen LogP contribution in [-0.2, 0) is 10.0 Å². The Morgan fingerprint density at radius 2 is 1.68 bits per heavy atom. The predicted octanol–water partition coefficient (Wildman–Crippen LogP) is 4.73. The molecule has 28 heavy (non-hydrogen) atoms. The zero-order valence-electron chi connectivity index (χ0n) is 15.4. The Bertz CT molecular complexity index is 1120. The largest absolute Gasteiger partial charge is 0.311 e. The van der Waals surface area contributed by atoms with Crippen molar-refractivity contribution in [2.45, 2.75) is 11.8 Å². The number of benzene rings is 3. The maximum absolute atomic E-state index is 12.9. The number of aryl methyl sites for hydroxylation is 1. The van der Waals surface area contributed by atoms with E-state index in [4.69, 9.17) is 11.6 Å². The van der Waals surface area contributed by atoms with E-state index >= 15 is 0 Å². The molecule has 0 aliphatic rings. The number of rotatable bonds is 5. The molecule has 0 bridgehead atoms. The summed E-state index contributed by atoms with van der Waals surface area (Å²) in [5.74, 6) is -0.399. The Morgan fingerprint density at radius 1 is 0.964 bits per heavy atom. The molecule has 0 atom stereocenters. The number of sulfonamides is 1. The van der Waals surface area contributed by atoms with Gasteiger partial charge in [-0.05, 0) is 55.0 Å². The molecule has 0 saturated carbocycles. The highest BCUT2D eigenvalue weighted by atomic mass is 35.5. The molecular formula is C21H19ClN2O3S. The van der Waals surface area contributed by atoms with Crippen LogP contribution >= 0.6 is 11.6 Å². The molecule has 1 N–H and O–H groups in total. The Kier molecular flexibility index (Phi) is 5.72. The normalized spacial score (nSPS) is 11.1. The van der Waals surface area contributed by atoms with Crippen LogP contribution < -0.4 is 9.62 Å². The summed E-state index contributed by atoms with van der Waals surface area (Å²) in [5.41, 5.74) is 2.16. The van der Waals surface area contributed by atoms with Crippen LogP contribution in [0.15, 0.2) is 77.7 Å². The van der Waals surface area contributed by atoms with Crippen molar-refractivity contribution in [1.82, 2.24) is 0 Å². The number of halogens is 1. The van der Waals surface area contributed by atoms with Gasteiger partial charge in [-0.2, -0.15) is 0 Å². The minimum atomic E-state index is -3.87. The number of para-hydroxylation sites is 1. The van der Waals surface area contributed by atoms with Crippen LogP contribution in [0.25, 0.3) is 0 Å². The van der Waals surface area contributed by atoms with E-state index in [1.54, 1.807) is 37.4 Å². The summed E-state index contributed by atoms with van der Waals surface area (Å²) in [6.45, 7) is 1.87. The number of hydrogen-bond donors (Lipinski definition) is 1. The third-order valence-electron chi connectivity index (χ3n) is 4.20. The second kappa shape index (κ2) is 8.04. The number of anilines is 2. The number of nitrogens with zero attached hydrogens (tertiary/aromatic N) is 1. The van der Waals surface area contributed by atoms with Gasteiger partial charge >= 0.3 is 0 Å². The van der Waals surface area contributed by atoms with Gasteiger partial charge in [0.15, 0.2) is 0 Å². The fourth-order valence-corrected chi connectivity index (χ4v) is 3.98. The number of hydrogen-bond acceptors (Lipinski definition) is 3. The highest BCUT2D eigenvalue weighted by Crippen LogP contribution is 2.25. The lowest BCUT2D eigenvalue weighted by Gasteiger charge is -2.18. The predicted molar refractivity (Wildman–Crippen MR) is 113 cm³/mol. The fourth-order valence-electron chi connectivity index (χ4n) is 2.71. The van der Waals surface area contributed by atoms with Crippen molar-refractivity contribution in [3.63, 3.8) is 0 Å². The average Bonchev–Trinajstić information content (AvgIpc) is 2.67. The Hall–Kier alpha value is -2.83. The summed E-state index contributed by atoms with van der Waals surface area (Å²) in [5, 5.41) is 0.183. The Labute approximate surface area is 169 Å². The maximum Gasteiger partial charge on any atom is 0.261 e. The number of amides is 1. The van der Waals surface area contributed by atoms with Crippen LogP contribution in [0.2, 0.25) is 5.02 Å². The molecule has 0 aromatic heterocycles. The zero-order chi connectivity index (χ0) is 20.3. The van der Waals surface area contributed by atoms with Crippen molar-refractivity contribution in [2.75, 3.05) is 16.7 Å². The molecule has 0 unspecified atom stereocenters. The molecule has 5 nitrogen and oxygen atoms in total. The van der Waals surface area contributed by atoms with Crippen LogP contribution in [0, 0.1) is 6.92 Å². The maximum atomic E-state index is 12.9. The van der Waals surface area contributed by atoms with Gasteiger partial charge in [0, 0.05) is 18.4 Å². The summed E-state index contributed by atoms with van der Waals surface area (Å²) in [6.07, 6.45) is 0. The van der Waals surface area contributed by atoms with E-state index in [2.05, 4.69) is 4.72 Å². The summed E-state index contributed by atoms with van der Waals surface area (Å²) < 4.78 is 28.0. The van der Waals surface area contributed by atoms with Crippen molar-refractivity contribution < 1.29 is 13.2 Å². The molecule has 3 aromatic carbocycles. The highest BCUT2D eigenvalue weighted by Gasteiger charge is 2.21. The van der Waals surface area contributed by atoms with E-state index in [0.29, 0.717) is 11.4 Å². The fraction of sp³-hybridized carbons (Fsp3) is 0.0952. The first-order valence-electron chi connectivity index (χ1n) is 8.50. The molecule has 3 rings (SSSR count). The Balaban J connectivity index is 1.93. The molecule has 0 spiro atoms. The number of nitrogens with one attached hydrogen (secondary N) is 1. The highest BCUT2D eigenvalue weighted by molar-refractivity contribution is 7.92. The monoisotopic (exact) mass is 414 g/mol. The van der Waals surface area contributed by atoms with Crippen molar-refractivity contribution in [2.24, 2.45) is 0 Å². The number of carbonyl (C=O) groups excluding carboxylic acids is 1. The topological polar surface area (TPSA) is 66.5 Å². The second-order valence-corrected chi connectivity index (χ2v) is 8.41. The third-order valence-corrected chi connectivity index (χ3v) is 5.91. The van der Waals surface area contributed by atoms with E-state index in [0.717, 1.165) is 5.56 Å². The lowest BCUT2D eigenvalue weighted by Crippen LogP contribution is -2.26. The van der Waals surface area contributed by atoms with E-state index in [1.165, 1.54) is 23.1 Å². The zero-order valence-corrected chi connectivity index (χ0v) is 17.0. The van der Waals surface area contributed by atoms with Gasteiger partial charge in [-0.25, -0.2) is 8.42 Å². The lowest BCUT2D eigenvalue weighted by atomic mass is 10.2. The van der Waals surface area contributed by atoms with E-state index < -0.39 is 15.9 Å². The molecule has 0 fully saturated rings. The standard InChI is InChI=1S/C21H19ClN2O3S/c1-15-7-6-8-16(13-15)23-28(26,27)18-11-12-20(22)19(14-18)21(25)24(2)17-9-4-3-5-10-17/h3-14,23H,1-2H3. The molecule has 0 radical (unpaired) electrons.